The molecule has 1 amide bonds. The highest BCUT2D eigenvalue weighted by molar-refractivity contribution is 5.71. The van der Waals surface area contributed by atoms with Crippen LogP contribution in [0.4, 0.5) is 22.4 Å². The molecular formula is C22H13F4N3O2. The van der Waals surface area contributed by atoms with E-state index >= 15 is 0 Å². The van der Waals surface area contributed by atoms with Crippen LogP contribution >= 0.6 is 0 Å². The Morgan fingerprint density at radius 1 is 1.03 bits per heavy atom. The first-order chi connectivity index (χ1) is 14.8. The maximum atomic E-state index is 14.5. The topological polar surface area (TPSA) is 64.1 Å². The number of ether oxygens (including phenoxy) is 1. The lowest BCUT2D eigenvalue weighted by atomic mass is 9.95. The SMILES string of the molecule is O=C1N[C@H](c2cc(C#Cc3cccnc3)cnc2F)[C@@H](c2ccc(C(F)(F)F)cc2)O1. The number of hydrogen-bond acceptors (Lipinski definition) is 4. The predicted octanol–water partition coefficient (Wildman–Crippen LogP) is 4.56. The van der Waals surface area contributed by atoms with E-state index in [2.05, 4.69) is 27.1 Å². The number of alkyl carbamates (subject to hydrolysis) is 1. The average molecular weight is 427 g/mol. The molecule has 2 atom stereocenters. The van der Waals surface area contributed by atoms with Crippen LogP contribution in [0.1, 0.15) is 40.0 Å². The summed E-state index contributed by atoms with van der Waals surface area (Å²) in [6.07, 6.45) is -1.94. The summed E-state index contributed by atoms with van der Waals surface area (Å²) in [6.45, 7) is 0. The molecule has 0 unspecified atom stereocenters. The number of carbonyl (C=O) groups is 1. The maximum Gasteiger partial charge on any atom is 0.416 e. The Labute approximate surface area is 174 Å². The van der Waals surface area contributed by atoms with E-state index in [0.717, 1.165) is 12.1 Å². The number of halogens is 4. The molecule has 31 heavy (non-hydrogen) atoms. The number of cyclic esters (lactones) is 1. The molecule has 1 aliphatic heterocycles. The van der Waals surface area contributed by atoms with E-state index in [9.17, 15) is 22.4 Å². The van der Waals surface area contributed by atoms with E-state index < -0.39 is 35.9 Å². The first-order valence-corrected chi connectivity index (χ1v) is 9.03. The Hall–Kier alpha value is -3.93. The number of rotatable bonds is 2. The largest absolute Gasteiger partial charge is 0.439 e. The summed E-state index contributed by atoms with van der Waals surface area (Å²) in [5, 5.41) is 2.48. The van der Waals surface area contributed by atoms with E-state index in [4.69, 9.17) is 4.74 Å². The van der Waals surface area contributed by atoms with Crippen LogP contribution in [0, 0.1) is 17.8 Å². The molecule has 156 valence electrons. The van der Waals surface area contributed by atoms with Gasteiger partial charge in [0, 0.05) is 35.3 Å². The number of alkyl halides is 3. The van der Waals surface area contributed by atoms with Gasteiger partial charge in [0.05, 0.1) is 5.56 Å². The molecule has 0 spiro atoms. The highest BCUT2D eigenvalue weighted by atomic mass is 19.4. The minimum atomic E-state index is -4.50. The average Bonchev–Trinajstić information content (AvgIpc) is 3.15. The minimum Gasteiger partial charge on any atom is -0.439 e. The second-order valence-electron chi connectivity index (χ2n) is 6.66. The lowest BCUT2D eigenvalue weighted by Crippen LogP contribution is -2.21. The van der Waals surface area contributed by atoms with Crippen LogP contribution in [0.3, 0.4) is 0 Å². The molecule has 0 bridgehead atoms. The smallest absolute Gasteiger partial charge is 0.416 e. The van der Waals surface area contributed by atoms with Gasteiger partial charge in [-0.15, -0.1) is 0 Å². The second kappa shape index (κ2) is 8.07. The van der Waals surface area contributed by atoms with Gasteiger partial charge in [-0.3, -0.25) is 4.98 Å². The summed E-state index contributed by atoms with van der Waals surface area (Å²) < 4.78 is 58.2. The Morgan fingerprint density at radius 2 is 1.77 bits per heavy atom. The molecule has 2 aromatic heterocycles. The molecule has 1 N–H and O–H groups in total. The molecule has 5 nitrogen and oxygen atoms in total. The van der Waals surface area contributed by atoms with Gasteiger partial charge in [-0.1, -0.05) is 24.0 Å². The van der Waals surface area contributed by atoms with Gasteiger partial charge >= 0.3 is 12.3 Å². The molecule has 1 fully saturated rings. The van der Waals surface area contributed by atoms with Crippen LogP contribution < -0.4 is 5.32 Å². The summed E-state index contributed by atoms with van der Waals surface area (Å²) in [7, 11) is 0. The number of pyridine rings is 2. The van der Waals surface area contributed by atoms with Crippen LogP contribution in [-0.2, 0) is 10.9 Å². The lowest BCUT2D eigenvalue weighted by Gasteiger charge is -2.18. The maximum absolute atomic E-state index is 14.5. The number of amides is 1. The molecule has 1 aliphatic rings. The second-order valence-corrected chi connectivity index (χ2v) is 6.66. The highest BCUT2D eigenvalue weighted by Gasteiger charge is 2.39. The van der Waals surface area contributed by atoms with E-state index in [1.165, 1.54) is 24.4 Å². The van der Waals surface area contributed by atoms with Gasteiger partial charge in [-0.05, 0) is 35.9 Å². The van der Waals surface area contributed by atoms with Crippen LogP contribution in [0.25, 0.3) is 0 Å². The summed E-state index contributed by atoms with van der Waals surface area (Å²) in [4.78, 5) is 19.5. The summed E-state index contributed by atoms with van der Waals surface area (Å²) >= 11 is 0. The van der Waals surface area contributed by atoms with Gasteiger partial charge in [0.2, 0.25) is 5.95 Å². The number of nitrogens with one attached hydrogen (secondary N) is 1. The number of benzene rings is 1. The monoisotopic (exact) mass is 427 g/mol. The third-order valence-corrected chi connectivity index (χ3v) is 4.59. The molecular weight excluding hydrogens is 414 g/mol. The fourth-order valence-corrected chi connectivity index (χ4v) is 3.12. The predicted molar refractivity (Wildman–Crippen MR) is 101 cm³/mol. The van der Waals surface area contributed by atoms with Crippen molar-refractivity contribution in [3.8, 4) is 11.8 Å². The summed E-state index contributed by atoms with van der Waals surface area (Å²) in [5.41, 5.74) is 0.475. The highest BCUT2D eigenvalue weighted by Crippen LogP contribution is 2.38. The molecule has 1 aromatic carbocycles. The number of aromatic nitrogens is 2. The number of nitrogens with zero attached hydrogens (tertiary/aromatic N) is 2. The van der Waals surface area contributed by atoms with Gasteiger partial charge in [0.1, 0.15) is 6.04 Å². The minimum absolute atomic E-state index is 0.00809. The van der Waals surface area contributed by atoms with Gasteiger partial charge in [-0.25, -0.2) is 9.78 Å². The molecule has 3 heterocycles. The normalized spacial score (nSPS) is 18.0. The summed E-state index contributed by atoms with van der Waals surface area (Å²) in [6, 6.07) is 8.05. The number of hydrogen-bond donors (Lipinski definition) is 1. The standard InChI is InChI=1S/C22H13F4N3O2/c23-20-17(10-14(12-28-20)4-3-13-2-1-9-27-11-13)18-19(31-21(30)29-18)15-5-7-16(8-6-15)22(24,25)26/h1-2,5-12,18-19H,(H,29,30)/t18-,19-/m1/s1. The van der Waals surface area contributed by atoms with Gasteiger partial charge < -0.3 is 10.1 Å². The van der Waals surface area contributed by atoms with Crippen molar-refractivity contribution in [3.63, 3.8) is 0 Å². The lowest BCUT2D eigenvalue weighted by molar-refractivity contribution is -0.137. The van der Waals surface area contributed by atoms with Crippen molar-refractivity contribution in [2.24, 2.45) is 0 Å². The van der Waals surface area contributed by atoms with E-state index in [0.29, 0.717) is 11.1 Å². The summed E-state index contributed by atoms with van der Waals surface area (Å²) in [5.74, 6) is 4.87. The van der Waals surface area contributed by atoms with E-state index in [-0.39, 0.29) is 11.1 Å². The van der Waals surface area contributed by atoms with E-state index in [1.54, 1.807) is 24.5 Å². The Kier molecular flexibility index (Phi) is 5.29. The molecule has 3 aromatic rings. The molecule has 1 saturated heterocycles. The third kappa shape index (κ3) is 4.48. The first-order valence-electron chi connectivity index (χ1n) is 9.03. The van der Waals surface area contributed by atoms with Crippen molar-refractivity contribution >= 4 is 6.09 Å². The van der Waals surface area contributed by atoms with Crippen LogP contribution in [-0.4, -0.2) is 16.1 Å². The van der Waals surface area contributed by atoms with Crippen molar-refractivity contribution in [1.82, 2.24) is 15.3 Å². The quantitative estimate of drug-likeness (QED) is 0.370. The van der Waals surface area contributed by atoms with Crippen LogP contribution in [0.2, 0.25) is 0 Å². The zero-order valence-electron chi connectivity index (χ0n) is 15.7. The van der Waals surface area contributed by atoms with E-state index in [1.807, 2.05) is 0 Å². The van der Waals surface area contributed by atoms with Crippen molar-refractivity contribution < 1.29 is 27.1 Å². The Morgan fingerprint density at radius 3 is 2.45 bits per heavy atom. The van der Waals surface area contributed by atoms with Gasteiger partial charge in [-0.2, -0.15) is 17.6 Å². The first kappa shape index (κ1) is 20.3. The van der Waals surface area contributed by atoms with Crippen molar-refractivity contribution in [1.29, 1.82) is 0 Å². The van der Waals surface area contributed by atoms with Crippen molar-refractivity contribution in [2.45, 2.75) is 18.3 Å². The fraction of sp³-hybridized carbons (Fsp3) is 0.136. The molecule has 9 heteroatoms. The molecule has 0 saturated carbocycles. The van der Waals surface area contributed by atoms with Gasteiger partial charge in [0.25, 0.3) is 0 Å². The third-order valence-electron chi connectivity index (χ3n) is 4.59. The number of carbonyl (C=O) groups excluding carboxylic acids is 1. The molecule has 0 radical (unpaired) electrons. The Bertz CT molecular complexity index is 1170. The van der Waals surface area contributed by atoms with Crippen LogP contribution in [0.5, 0.6) is 0 Å². The molecule has 4 rings (SSSR count). The van der Waals surface area contributed by atoms with Crippen molar-refractivity contribution in [2.75, 3.05) is 0 Å². The van der Waals surface area contributed by atoms with Gasteiger partial charge in [0.15, 0.2) is 6.10 Å². The molecule has 0 aliphatic carbocycles. The van der Waals surface area contributed by atoms with Crippen LogP contribution in [0.15, 0.2) is 61.1 Å². The zero-order chi connectivity index (χ0) is 22.0. The van der Waals surface area contributed by atoms with Crippen molar-refractivity contribution in [3.05, 3.63) is 94.8 Å². The fourth-order valence-electron chi connectivity index (χ4n) is 3.12. The Balaban J connectivity index is 1.66. The zero-order valence-corrected chi connectivity index (χ0v) is 15.7.